The van der Waals surface area contributed by atoms with Crippen LogP contribution in [0.15, 0.2) is 0 Å². The minimum Gasteiger partial charge on any atom is -0.390 e. The van der Waals surface area contributed by atoms with E-state index in [1.165, 1.54) is 0 Å². The molecule has 2 aliphatic heterocycles. The van der Waals surface area contributed by atoms with Gasteiger partial charge in [-0.2, -0.15) is 0 Å². The first-order valence-corrected chi connectivity index (χ1v) is 6.68. The van der Waals surface area contributed by atoms with E-state index in [0.717, 1.165) is 32.5 Å². The molecule has 0 aromatic carbocycles. The average molecular weight is 244 g/mol. The predicted octanol–water partition coefficient (Wildman–Crippen LogP) is 1.36. The van der Waals surface area contributed by atoms with E-state index in [0.29, 0.717) is 13.2 Å². The molecular weight excluding hydrogens is 220 g/mol. The van der Waals surface area contributed by atoms with Crippen molar-refractivity contribution < 1.29 is 19.3 Å². The van der Waals surface area contributed by atoms with Crippen molar-refractivity contribution in [2.24, 2.45) is 5.92 Å². The molecule has 2 saturated heterocycles. The standard InChI is InChI=1S/C13H24O4/c1-3-16-10(2)12(14)11-4-6-17-13(8-11)5-7-15-9-13/h10-12,14H,3-9H2,1-2H3. The van der Waals surface area contributed by atoms with Gasteiger partial charge in [0.15, 0.2) is 0 Å². The molecule has 4 unspecified atom stereocenters. The molecule has 4 nitrogen and oxygen atoms in total. The number of rotatable bonds is 4. The third kappa shape index (κ3) is 2.99. The van der Waals surface area contributed by atoms with Crippen LogP contribution in [0.25, 0.3) is 0 Å². The third-order valence-electron chi connectivity index (χ3n) is 3.99. The van der Waals surface area contributed by atoms with Crippen LogP contribution in [0.3, 0.4) is 0 Å². The van der Waals surface area contributed by atoms with Crippen LogP contribution >= 0.6 is 0 Å². The quantitative estimate of drug-likeness (QED) is 0.811. The molecule has 17 heavy (non-hydrogen) atoms. The minimum atomic E-state index is -0.392. The summed E-state index contributed by atoms with van der Waals surface area (Å²) in [5.74, 6) is 0.270. The summed E-state index contributed by atoms with van der Waals surface area (Å²) in [6, 6.07) is 0. The van der Waals surface area contributed by atoms with E-state index in [1.54, 1.807) is 0 Å². The molecule has 100 valence electrons. The molecule has 4 atom stereocenters. The second kappa shape index (κ2) is 5.65. The van der Waals surface area contributed by atoms with Crippen molar-refractivity contribution in [2.45, 2.75) is 50.9 Å². The van der Waals surface area contributed by atoms with E-state index in [1.807, 2.05) is 13.8 Å². The second-order valence-corrected chi connectivity index (χ2v) is 5.24. The Morgan fingerprint density at radius 1 is 1.47 bits per heavy atom. The van der Waals surface area contributed by atoms with E-state index in [9.17, 15) is 5.11 Å². The normalized spacial score (nSPS) is 37.2. The van der Waals surface area contributed by atoms with Crippen LogP contribution in [0.4, 0.5) is 0 Å². The van der Waals surface area contributed by atoms with E-state index >= 15 is 0 Å². The molecule has 0 aromatic heterocycles. The Hall–Kier alpha value is -0.160. The van der Waals surface area contributed by atoms with Crippen LogP contribution in [-0.4, -0.2) is 49.3 Å². The predicted molar refractivity (Wildman–Crippen MR) is 63.9 cm³/mol. The van der Waals surface area contributed by atoms with Crippen LogP contribution in [0, 0.1) is 5.92 Å². The highest BCUT2D eigenvalue weighted by Crippen LogP contribution is 2.37. The van der Waals surface area contributed by atoms with Gasteiger partial charge < -0.3 is 19.3 Å². The fraction of sp³-hybridized carbons (Fsp3) is 1.00. The Balaban J connectivity index is 1.92. The van der Waals surface area contributed by atoms with Crippen molar-refractivity contribution in [3.63, 3.8) is 0 Å². The lowest BCUT2D eigenvalue weighted by Gasteiger charge is -2.40. The number of ether oxygens (including phenoxy) is 3. The van der Waals surface area contributed by atoms with Gasteiger partial charge in [-0.05, 0) is 32.6 Å². The molecule has 2 aliphatic rings. The van der Waals surface area contributed by atoms with Crippen LogP contribution in [0.1, 0.15) is 33.1 Å². The van der Waals surface area contributed by atoms with Gasteiger partial charge in [-0.25, -0.2) is 0 Å². The Morgan fingerprint density at radius 3 is 2.94 bits per heavy atom. The highest BCUT2D eigenvalue weighted by molar-refractivity contribution is 4.93. The van der Waals surface area contributed by atoms with Crippen LogP contribution < -0.4 is 0 Å². The summed E-state index contributed by atoms with van der Waals surface area (Å²) in [7, 11) is 0. The summed E-state index contributed by atoms with van der Waals surface area (Å²) in [4.78, 5) is 0. The molecule has 2 fully saturated rings. The van der Waals surface area contributed by atoms with E-state index in [2.05, 4.69) is 0 Å². The van der Waals surface area contributed by atoms with Crippen LogP contribution in [0.2, 0.25) is 0 Å². The zero-order chi connectivity index (χ0) is 12.3. The molecule has 0 bridgehead atoms. The zero-order valence-electron chi connectivity index (χ0n) is 10.9. The summed E-state index contributed by atoms with van der Waals surface area (Å²) >= 11 is 0. The third-order valence-corrected chi connectivity index (χ3v) is 3.99. The molecule has 0 amide bonds. The number of aliphatic hydroxyl groups excluding tert-OH is 1. The van der Waals surface area contributed by atoms with Crippen molar-refractivity contribution in [3.05, 3.63) is 0 Å². The second-order valence-electron chi connectivity index (χ2n) is 5.24. The first kappa shape index (κ1) is 13.3. The molecule has 0 aromatic rings. The summed E-state index contributed by atoms with van der Waals surface area (Å²) in [6.07, 6.45) is 2.28. The largest absolute Gasteiger partial charge is 0.390 e. The van der Waals surface area contributed by atoms with Crippen molar-refractivity contribution in [1.82, 2.24) is 0 Å². The van der Waals surface area contributed by atoms with E-state index in [4.69, 9.17) is 14.2 Å². The topological polar surface area (TPSA) is 47.9 Å². The van der Waals surface area contributed by atoms with Gasteiger partial charge in [-0.3, -0.25) is 0 Å². The monoisotopic (exact) mass is 244 g/mol. The maximum absolute atomic E-state index is 10.3. The maximum atomic E-state index is 10.3. The molecule has 2 rings (SSSR count). The van der Waals surface area contributed by atoms with E-state index in [-0.39, 0.29) is 17.6 Å². The molecule has 0 radical (unpaired) electrons. The highest BCUT2D eigenvalue weighted by atomic mass is 16.6. The molecule has 2 heterocycles. The Kier molecular flexibility index (Phi) is 4.42. The summed E-state index contributed by atoms with van der Waals surface area (Å²) < 4.78 is 16.8. The van der Waals surface area contributed by atoms with Gasteiger partial charge in [0.25, 0.3) is 0 Å². The first-order chi connectivity index (χ1) is 8.17. The Labute approximate surface area is 103 Å². The fourth-order valence-corrected chi connectivity index (χ4v) is 2.97. The van der Waals surface area contributed by atoms with Crippen LogP contribution in [0.5, 0.6) is 0 Å². The number of hydrogen-bond donors (Lipinski definition) is 1. The molecule has 1 N–H and O–H groups in total. The van der Waals surface area contributed by atoms with Gasteiger partial charge >= 0.3 is 0 Å². The lowest BCUT2D eigenvalue weighted by molar-refractivity contribution is -0.135. The van der Waals surface area contributed by atoms with Crippen LogP contribution in [-0.2, 0) is 14.2 Å². The molecule has 0 aliphatic carbocycles. The van der Waals surface area contributed by atoms with E-state index < -0.39 is 6.10 Å². The minimum absolute atomic E-state index is 0.0949. The summed E-state index contributed by atoms with van der Waals surface area (Å²) in [6.45, 7) is 6.74. The van der Waals surface area contributed by atoms with Gasteiger partial charge in [0.2, 0.25) is 0 Å². The molecular formula is C13H24O4. The van der Waals surface area contributed by atoms with Crippen molar-refractivity contribution in [2.75, 3.05) is 26.4 Å². The maximum Gasteiger partial charge on any atom is 0.0940 e. The summed E-state index contributed by atoms with van der Waals surface area (Å²) in [5.41, 5.74) is -0.129. The van der Waals surface area contributed by atoms with Gasteiger partial charge in [-0.1, -0.05) is 0 Å². The van der Waals surface area contributed by atoms with Gasteiger partial charge in [-0.15, -0.1) is 0 Å². The summed E-state index contributed by atoms with van der Waals surface area (Å²) in [5, 5.41) is 10.3. The van der Waals surface area contributed by atoms with Crippen molar-refractivity contribution in [1.29, 1.82) is 0 Å². The molecule has 4 heteroatoms. The zero-order valence-corrected chi connectivity index (χ0v) is 10.9. The van der Waals surface area contributed by atoms with Crippen molar-refractivity contribution >= 4 is 0 Å². The lowest BCUT2D eigenvalue weighted by Crippen LogP contribution is -2.46. The lowest BCUT2D eigenvalue weighted by atomic mass is 9.81. The molecule has 0 saturated carbocycles. The smallest absolute Gasteiger partial charge is 0.0940 e. The highest BCUT2D eigenvalue weighted by Gasteiger charge is 2.43. The number of aliphatic hydroxyl groups is 1. The van der Waals surface area contributed by atoms with Gasteiger partial charge in [0.1, 0.15) is 0 Å². The van der Waals surface area contributed by atoms with Crippen molar-refractivity contribution in [3.8, 4) is 0 Å². The van der Waals surface area contributed by atoms with Gasteiger partial charge in [0, 0.05) is 26.2 Å². The first-order valence-electron chi connectivity index (χ1n) is 6.68. The number of hydrogen-bond acceptors (Lipinski definition) is 4. The Morgan fingerprint density at radius 2 is 2.29 bits per heavy atom. The average Bonchev–Trinajstić information content (AvgIpc) is 2.76. The van der Waals surface area contributed by atoms with Gasteiger partial charge in [0.05, 0.1) is 24.4 Å². The Bertz CT molecular complexity index is 238. The SMILES string of the molecule is CCOC(C)C(O)C1CCOC2(CCOC2)C1. The molecule has 1 spiro atoms. The fourth-order valence-electron chi connectivity index (χ4n) is 2.97.